The van der Waals surface area contributed by atoms with Crippen molar-refractivity contribution in [2.45, 2.75) is 24.5 Å². The van der Waals surface area contributed by atoms with Crippen LogP contribution in [0.1, 0.15) is 18.4 Å². The van der Waals surface area contributed by atoms with Crippen molar-refractivity contribution in [3.63, 3.8) is 0 Å². The fraction of sp³-hybridized carbons (Fsp3) is 0.538. The monoisotopic (exact) mass is 203 g/mol. The summed E-state index contributed by atoms with van der Waals surface area (Å²) in [6, 6.07) is 10.8. The molecule has 2 heteroatoms. The molecule has 80 valence electrons. The fourth-order valence-electron chi connectivity index (χ4n) is 2.84. The average Bonchev–Trinajstić information content (AvgIpc) is 2.67. The highest BCUT2D eigenvalue weighted by Crippen LogP contribution is 2.43. The van der Waals surface area contributed by atoms with E-state index in [0.717, 1.165) is 19.6 Å². The maximum Gasteiger partial charge on any atom is 0.111 e. The second kappa shape index (κ2) is 3.32. The Morgan fingerprint density at radius 1 is 1.33 bits per heavy atom. The summed E-state index contributed by atoms with van der Waals surface area (Å²) in [4.78, 5) is 2.33. The molecule has 0 radical (unpaired) electrons. The second-order valence-corrected chi connectivity index (χ2v) is 4.85. The molecule has 2 aliphatic heterocycles. The van der Waals surface area contributed by atoms with E-state index in [9.17, 15) is 0 Å². The predicted octanol–water partition coefficient (Wildman–Crippen LogP) is 2.01. The van der Waals surface area contributed by atoms with Gasteiger partial charge >= 0.3 is 0 Å². The molecule has 2 fully saturated rings. The molecule has 0 saturated carbocycles. The Hall–Kier alpha value is -0.860. The van der Waals surface area contributed by atoms with Crippen LogP contribution < -0.4 is 0 Å². The van der Waals surface area contributed by atoms with E-state index in [-0.39, 0.29) is 0 Å². The first-order chi connectivity index (χ1) is 7.30. The van der Waals surface area contributed by atoms with E-state index in [2.05, 4.69) is 42.3 Å². The van der Waals surface area contributed by atoms with Gasteiger partial charge in [0.1, 0.15) is 6.23 Å². The molecule has 0 N–H and O–H groups in total. The number of likely N-dealkylation sites (tertiary alicyclic amines) is 1. The highest BCUT2D eigenvalue weighted by atomic mass is 16.5. The van der Waals surface area contributed by atoms with Crippen LogP contribution >= 0.6 is 0 Å². The largest absolute Gasteiger partial charge is 0.362 e. The highest BCUT2D eigenvalue weighted by Gasteiger charge is 2.46. The van der Waals surface area contributed by atoms with E-state index in [1.165, 1.54) is 12.0 Å². The Morgan fingerprint density at radius 2 is 2.13 bits per heavy atom. The van der Waals surface area contributed by atoms with Gasteiger partial charge in [-0.05, 0) is 25.5 Å². The van der Waals surface area contributed by atoms with E-state index >= 15 is 0 Å². The van der Waals surface area contributed by atoms with E-state index in [1.807, 2.05) is 0 Å². The molecule has 0 aliphatic carbocycles. The van der Waals surface area contributed by atoms with Gasteiger partial charge in [-0.1, -0.05) is 30.3 Å². The van der Waals surface area contributed by atoms with Gasteiger partial charge in [0.25, 0.3) is 0 Å². The van der Waals surface area contributed by atoms with Crippen LogP contribution in [-0.2, 0) is 10.2 Å². The summed E-state index contributed by atoms with van der Waals surface area (Å²) in [7, 11) is 2.16. The van der Waals surface area contributed by atoms with E-state index in [0.29, 0.717) is 11.6 Å². The number of hydrogen-bond acceptors (Lipinski definition) is 2. The van der Waals surface area contributed by atoms with Crippen LogP contribution in [0.25, 0.3) is 0 Å². The molecule has 0 amide bonds. The zero-order chi connectivity index (χ0) is 10.3. The lowest BCUT2D eigenvalue weighted by atomic mass is 9.75. The predicted molar refractivity (Wildman–Crippen MR) is 59.7 cm³/mol. The summed E-state index contributed by atoms with van der Waals surface area (Å²) in [5.74, 6) is 0. The van der Waals surface area contributed by atoms with Crippen LogP contribution in [0.5, 0.6) is 0 Å². The molecule has 2 bridgehead atoms. The minimum atomic E-state index is 0.304. The Kier molecular flexibility index (Phi) is 2.08. The molecule has 2 aliphatic rings. The average molecular weight is 203 g/mol. The molecule has 15 heavy (non-hydrogen) atoms. The Labute approximate surface area is 90.8 Å². The SMILES string of the molecule is CN1CCC2(c3ccccc3)COC1C2. The maximum absolute atomic E-state index is 5.87. The summed E-state index contributed by atoms with van der Waals surface area (Å²) in [6.07, 6.45) is 2.73. The minimum Gasteiger partial charge on any atom is -0.362 e. The third kappa shape index (κ3) is 1.40. The zero-order valence-corrected chi connectivity index (χ0v) is 9.15. The number of fused-ring (bicyclic) bond motifs is 2. The number of piperidine rings is 1. The Balaban J connectivity index is 1.93. The fourth-order valence-corrected chi connectivity index (χ4v) is 2.84. The Morgan fingerprint density at radius 3 is 2.93 bits per heavy atom. The lowest BCUT2D eigenvalue weighted by Gasteiger charge is -2.36. The molecule has 2 atom stereocenters. The third-order valence-electron chi connectivity index (χ3n) is 3.94. The first-order valence-corrected chi connectivity index (χ1v) is 5.68. The van der Waals surface area contributed by atoms with E-state index < -0.39 is 0 Å². The van der Waals surface area contributed by atoms with Crippen molar-refractivity contribution in [1.82, 2.24) is 4.90 Å². The number of benzene rings is 1. The summed E-state index contributed by atoms with van der Waals surface area (Å²) < 4.78 is 5.87. The standard InChI is InChI=1S/C13H17NO/c1-14-8-7-13(9-12(14)15-10-13)11-5-3-2-4-6-11/h2-6,12H,7-10H2,1H3. The van der Waals surface area contributed by atoms with Crippen molar-refractivity contribution < 1.29 is 4.74 Å². The summed E-state index contributed by atoms with van der Waals surface area (Å²) >= 11 is 0. The van der Waals surface area contributed by atoms with Crippen LogP contribution in [0.15, 0.2) is 30.3 Å². The van der Waals surface area contributed by atoms with Gasteiger partial charge in [0.05, 0.1) is 6.61 Å². The second-order valence-electron chi connectivity index (χ2n) is 4.85. The Bertz CT molecular complexity index is 351. The quantitative estimate of drug-likeness (QED) is 0.692. The molecule has 0 aromatic heterocycles. The first kappa shape index (κ1) is 9.37. The summed E-state index contributed by atoms with van der Waals surface area (Å²) in [6.45, 7) is 2.05. The smallest absolute Gasteiger partial charge is 0.111 e. The number of ether oxygens (including phenoxy) is 1. The van der Waals surface area contributed by atoms with Crippen LogP contribution in [0.3, 0.4) is 0 Å². The van der Waals surface area contributed by atoms with Gasteiger partial charge in [-0.25, -0.2) is 0 Å². The summed E-state index contributed by atoms with van der Waals surface area (Å²) in [5.41, 5.74) is 1.76. The number of hydrogen-bond donors (Lipinski definition) is 0. The normalized spacial score (nSPS) is 35.7. The van der Waals surface area contributed by atoms with E-state index in [1.54, 1.807) is 0 Å². The molecule has 3 rings (SSSR count). The van der Waals surface area contributed by atoms with Crippen molar-refractivity contribution in [3.05, 3.63) is 35.9 Å². The van der Waals surface area contributed by atoms with Crippen LogP contribution in [-0.4, -0.2) is 31.3 Å². The van der Waals surface area contributed by atoms with Gasteiger partial charge in [-0.15, -0.1) is 0 Å². The van der Waals surface area contributed by atoms with Crippen molar-refractivity contribution in [1.29, 1.82) is 0 Å². The lowest BCUT2D eigenvalue weighted by Crippen LogP contribution is -2.41. The zero-order valence-electron chi connectivity index (χ0n) is 9.15. The molecule has 2 unspecified atom stereocenters. The molecular weight excluding hydrogens is 186 g/mol. The van der Waals surface area contributed by atoms with Gasteiger partial charge in [0.15, 0.2) is 0 Å². The van der Waals surface area contributed by atoms with Gasteiger partial charge in [-0.2, -0.15) is 0 Å². The van der Waals surface area contributed by atoms with Crippen LogP contribution in [0, 0.1) is 0 Å². The third-order valence-corrected chi connectivity index (χ3v) is 3.94. The molecule has 2 nitrogen and oxygen atoms in total. The van der Waals surface area contributed by atoms with Crippen molar-refractivity contribution in [2.75, 3.05) is 20.2 Å². The maximum atomic E-state index is 5.87. The van der Waals surface area contributed by atoms with Gasteiger partial charge in [0, 0.05) is 12.0 Å². The summed E-state index contributed by atoms with van der Waals surface area (Å²) in [5, 5.41) is 0. The van der Waals surface area contributed by atoms with Crippen LogP contribution in [0.2, 0.25) is 0 Å². The van der Waals surface area contributed by atoms with E-state index in [4.69, 9.17) is 4.74 Å². The minimum absolute atomic E-state index is 0.304. The number of nitrogens with zero attached hydrogens (tertiary/aromatic N) is 1. The highest BCUT2D eigenvalue weighted by molar-refractivity contribution is 5.28. The van der Waals surface area contributed by atoms with Gasteiger partial charge in [-0.3, -0.25) is 4.90 Å². The van der Waals surface area contributed by atoms with Crippen molar-refractivity contribution in [3.8, 4) is 0 Å². The van der Waals surface area contributed by atoms with Crippen LogP contribution in [0.4, 0.5) is 0 Å². The van der Waals surface area contributed by atoms with Gasteiger partial charge < -0.3 is 4.74 Å². The molecule has 2 heterocycles. The molecular formula is C13H17NO. The number of rotatable bonds is 1. The van der Waals surface area contributed by atoms with Crippen molar-refractivity contribution in [2.24, 2.45) is 0 Å². The first-order valence-electron chi connectivity index (χ1n) is 5.68. The molecule has 1 aromatic carbocycles. The lowest BCUT2D eigenvalue weighted by molar-refractivity contribution is -0.00121. The molecule has 0 spiro atoms. The van der Waals surface area contributed by atoms with Crippen molar-refractivity contribution >= 4 is 0 Å². The molecule has 1 aromatic rings. The topological polar surface area (TPSA) is 12.5 Å². The van der Waals surface area contributed by atoms with Gasteiger partial charge in [0.2, 0.25) is 0 Å². The molecule has 2 saturated heterocycles.